The van der Waals surface area contributed by atoms with E-state index in [1.807, 2.05) is 0 Å². The van der Waals surface area contributed by atoms with Crippen molar-refractivity contribution in [1.29, 1.82) is 0 Å². The van der Waals surface area contributed by atoms with Crippen molar-refractivity contribution in [3.8, 4) is 0 Å². The maximum atomic E-state index is 8.86. The molecule has 0 saturated carbocycles. The van der Waals surface area contributed by atoms with E-state index in [-0.39, 0.29) is 23.6 Å². The zero-order valence-corrected chi connectivity index (χ0v) is 11.3. The molecule has 0 saturated heterocycles. The van der Waals surface area contributed by atoms with Crippen LogP contribution in [-0.4, -0.2) is 31.5 Å². The molecule has 0 radical (unpaired) electrons. The van der Waals surface area contributed by atoms with Crippen LogP contribution in [0.2, 0.25) is 0 Å². The van der Waals surface area contributed by atoms with E-state index in [1.165, 1.54) is 11.4 Å². The van der Waals surface area contributed by atoms with Crippen LogP contribution in [0.4, 0.5) is 11.4 Å². The first kappa shape index (κ1) is 13.3. The van der Waals surface area contributed by atoms with Crippen LogP contribution >= 0.6 is 17.0 Å². The summed E-state index contributed by atoms with van der Waals surface area (Å²) in [5, 5.41) is 8.86. The number of aliphatic hydroxyl groups excluding tert-OH is 1. The second kappa shape index (κ2) is 6.11. The molecule has 1 heterocycles. The molecule has 1 aliphatic rings. The molecular weight excluding hydrogens is 268 g/mol. The van der Waals surface area contributed by atoms with Crippen LogP contribution in [0.5, 0.6) is 0 Å². The molecule has 0 bridgehead atoms. The first-order chi connectivity index (χ1) is 7.36. The fourth-order valence-electron chi connectivity index (χ4n) is 2.08. The quantitative estimate of drug-likeness (QED) is 0.920. The summed E-state index contributed by atoms with van der Waals surface area (Å²) in [5.74, 6) is 0. The van der Waals surface area contributed by atoms with Crippen LogP contribution in [0.3, 0.4) is 0 Å². The molecule has 0 aliphatic carbocycles. The van der Waals surface area contributed by atoms with E-state index in [4.69, 9.17) is 5.11 Å². The van der Waals surface area contributed by atoms with E-state index in [1.54, 1.807) is 0 Å². The molecule has 2 rings (SSSR count). The van der Waals surface area contributed by atoms with Gasteiger partial charge in [-0.3, -0.25) is 0 Å². The SMILES string of the molecule is Br.CCN1CN(CCCO)c2ccccc21. The van der Waals surface area contributed by atoms with Crippen LogP contribution in [0, 0.1) is 0 Å². The number of fused-ring (bicyclic) bond motifs is 1. The molecule has 1 aromatic rings. The molecule has 1 aromatic carbocycles. The summed E-state index contributed by atoms with van der Waals surface area (Å²) in [6, 6.07) is 8.47. The minimum absolute atomic E-state index is 0. The van der Waals surface area contributed by atoms with Crippen molar-refractivity contribution in [1.82, 2.24) is 0 Å². The maximum Gasteiger partial charge on any atom is 0.0904 e. The van der Waals surface area contributed by atoms with Crippen molar-refractivity contribution in [3.63, 3.8) is 0 Å². The van der Waals surface area contributed by atoms with Crippen molar-refractivity contribution in [2.45, 2.75) is 13.3 Å². The Morgan fingerprint density at radius 3 is 2.38 bits per heavy atom. The maximum absolute atomic E-state index is 8.86. The summed E-state index contributed by atoms with van der Waals surface area (Å²) in [6.45, 7) is 5.36. The van der Waals surface area contributed by atoms with Crippen molar-refractivity contribution in [2.75, 3.05) is 36.2 Å². The molecule has 0 unspecified atom stereocenters. The molecule has 4 heteroatoms. The Bertz CT molecular complexity index is 333. The van der Waals surface area contributed by atoms with Gasteiger partial charge in [0.1, 0.15) is 0 Å². The van der Waals surface area contributed by atoms with E-state index in [2.05, 4.69) is 41.0 Å². The van der Waals surface area contributed by atoms with Crippen LogP contribution in [0.25, 0.3) is 0 Å². The van der Waals surface area contributed by atoms with Crippen LogP contribution in [0.1, 0.15) is 13.3 Å². The Balaban J connectivity index is 0.00000128. The highest BCUT2D eigenvalue weighted by molar-refractivity contribution is 8.93. The lowest BCUT2D eigenvalue weighted by atomic mass is 10.2. The molecule has 0 aromatic heterocycles. The smallest absolute Gasteiger partial charge is 0.0904 e. The van der Waals surface area contributed by atoms with Crippen molar-refractivity contribution in [2.24, 2.45) is 0 Å². The molecule has 0 atom stereocenters. The minimum atomic E-state index is 0. The number of para-hydroxylation sites is 2. The third kappa shape index (κ3) is 2.50. The van der Waals surface area contributed by atoms with Gasteiger partial charge in [-0.2, -0.15) is 0 Å². The number of aliphatic hydroxyl groups is 1. The highest BCUT2D eigenvalue weighted by atomic mass is 79.9. The normalized spacial score (nSPS) is 13.6. The predicted octanol–water partition coefficient (Wildman–Crippen LogP) is 2.25. The zero-order chi connectivity index (χ0) is 10.7. The topological polar surface area (TPSA) is 26.7 Å². The standard InChI is InChI=1S/C12H18N2O.BrH/c1-2-13-10-14(8-5-9-15)12-7-4-3-6-11(12)13;/h3-4,6-7,15H,2,5,8-10H2,1H3;1H. The van der Waals surface area contributed by atoms with Gasteiger partial charge in [-0.25, -0.2) is 0 Å². The van der Waals surface area contributed by atoms with Gasteiger partial charge in [0.15, 0.2) is 0 Å². The predicted molar refractivity (Wildman–Crippen MR) is 73.7 cm³/mol. The summed E-state index contributed by atoms with van der Waals surface area (Å²) in [6.07, 6.45) is 0.839. The minimum Gasteiger partial charge on any atom is -0.396 e. The van der Waals surface area contributed by atoms with E-state index in [9.17, 15) is 0 Å². The first-order valence-electron chi connectivity index (χ1n) is 5.56. The highest BCUT2D eigenvalue weighted by Gasteiger charge is 2.23. The molecule has 16 heavy (non-hydrogen) atoms. The Kier molecular flexibility index (Phi) is 5.09. The number of halogens is 1. The number of anilines is 2. The second-order valence-electron chi connectivity index (χ2n) is 3.83. The van der Waals surface area contributed by atoms with Gasteiger partial charge < -0.3 is 14.9 Å². The Labute approximate surface area is 107 Å². The van der Waals surface area contributed by atoms with E-state index < -0.39 is 0 Å². The largest absolute Gasteiger partial charge is 0.396 e. The molecule has 0 amide bonds. The molecule has 90 valence electrons. The molecule has 0 spiro atoms. The molecular formula is C12H19BrN2O. The molecule has 3 nitrogen and oxygen atoms in total. The summed E-state index contributed by atoms with van der Waals surface area (Å²) >= 11 is 0. The second-order valence-corrected chi connectivity index (χ2v) is 3.83. The van der Waals surface area contributed by atoms with Gasteiger partial charge in [-0.15, -0.1) is 17.0 Å². The van der Waals surface area contributed by atoms with Gasteiger partial charge in [0.25, 0.3) is 0 Å². The van der Waals surface area contributed by atoms with Gasteiger partial charge in [0.05, 0.1) is 18.0 Å². The fraction of sp³-hybridized carbons (Fsp3) is 0.500. The number of nitrogens with zero attached hydrogens (tertiary/aromatic N) is 2. The Hall–Kier alpha value is -0.740. The lowest BCUT2D eigenvalue weighted by Gasteiger charge is -2.20. The van der Waals surface area contributed by atoms with Crippen molar-refractivity contribution < 1.29 is 5.11 Å². The fourth-order valence-corrected chi connectivity index (χ4v) is 2.08. The summed E-state index contributed by atoms with van der Waals surface area (Å²) in [7, 11) is 0. The number of benzene rings is 1. The van der Waals surface area contributed by atoms with E-state index >= 15 is 0 Å². The van der Waals surface area contributed by atoms with Crippen LogP contribution in [0.15, 0.2) is 24.3 Å². The van der Waals surface area contributed by atoms with Crippen LogP contribution < -0.4 is 9.80 Å². The highest BCUT2D eigenvalue weighted by Crippen LogP contribution is 2.35. The van der Waals surface area contributed by atoms with Gasteiger partial charge in [-0.1, -0.05) is 12.1 Å². The monoisotopic (exact) mass is 286 g/mol. The van der Waals surface area contributed by atoms with Crippen molar-refractivity contribution >= 4 is 28.4 Å². The zero-order valence-electron chi connectivity index (χ0n) is 9.59. The summed E-state index contributed by atoms with van der Waals surface area (Å²) in [4.78, 5) is 4.68. The average molecular weight is 287 g/mol. The summed E-state index contributed by atoms with van der Waals surface area (Å²) in [5.41, 5.74) is 2.62. The van der Waals surface area contributed by atoms with E-state index in [0.29, 0.717) is 0 Å². The Morgan fingerprint density at radius 1 is 1.19 bits per heavy atom. The lowest BCUT2D eigenvalue weighted by Crippen LogP contribution is -2.31. The van der Waals surface area contributed by atoms with Gasteiger partial charge in [0, 0.05) is 19.7 Å². The Morgan fingerprint density at radius 2 is 1.81 bits per heavy atom. The van der Waals surface area contributed by atoms with E-state index in [0.717, 1.165) is 26.2 Å². The molecule has 0 fully saturated rings. The third-order valence-electron chi connectivity index (χ3n) is 2.87. The lowest BCUT2D eigenvalue weighted by molar-refractivity contribution is 0.290. The number of hydrogen-bond donors (Lipinski definition) is 1. The average Bonchev–Trinajstić information content (AvgIpc) is 2.65. The third-order valence-corrected chi connectivity index (χ3v) is 2.87. The summed E-state index contributed by atoms with van der Waals surface area (Å²) < 4.78 is 0. The first-order valence-corrected chi connectivity index (χ1v) is 5.56. The van der Waals surface area contributed by atoms with Crippen molar-refractivity contribution in [3.05, 3.63) is 24.3 Å². The molecule has 1 aliphatic heterocycles. The number of hydrogen-bond acceptors (Lipinski definition) is 3. The number of rotatable bonds is 4. The van der Waals surface area contributed by atoms with Gasteiger partial charge in [-0.05, 0) is 25.5 Å². The molecule has 1 N–H and O–H groups in total. The van der Waals surface area contributed by atoms with Crippen LogP contribution in [-0.2, 0) is 0 Å². The van der Waals surface area contributed by atoms with Gasteiger partial charge >= 0.3 is 0 Å². The van der Waals surface area contributed by atoms with Gasteiger partial charge in [0.2, 0.25) is 0 Å².